The molecule has 0 rings (SSSR count). The predicted molar refractivity (Wildman–Crippen MR) is 139 cm³/mol. The van der Waals surface area contributed by atoms with Gasteiger partial charge in [0.15, 0.2) is 5.41 Å². The van der Waals surface area contributed by atoms with Gasteiger partial charge >= 0.3 is 11.9 Å². The van der Waals surface area contributed by atoms with Crippen LogP contribution in [-0.2, 0) is 19.1 Å². The molecule has 0 aliphatic carbocycles. The number of carbonyl (C=O) groups is 2. The molecule has 33 heavy (non-hydrogen) atoms. The van der Waals surface area contributed by atoms with E-state index in [0.717, 1.165) is 38.5 Å². The third-order valence-corrected chi connectivity index (χ3v) is 6.95. The Morgan fingerprint density at radius 3 is 1.03 bits per heavy atom. The molecular formula is C29H56O4. The van der Waals surface area contributed by atoms with Crippen LogP contribution in [0.1, 0.15) is 156 Å². The van der Waals surface area contributed by atoms with Crippen LogP contribution in [0.25, 0.3) is 0 Å². The Kier molecular flexibility index (Phi) is 22.0. The summed E-state index contributed by atoms with van der Waals surface area (Å²) in [5, 5.41) is 0. The first kappa shape index (κ1) is 31.9. The number of ether oxygens (including phenoxy) is 2. The predicted octanol–water partition coefficient (Wildman–Crippen LogP) is 8.94. The Labute approximate surface area is 206 Å². The molecule has 0 saturated carbocycles. The highest BCUT2D eigenvalue weighted by Gasteiger charge is 2.45. The molecule has 0 heterocycles. The van der Waals surface area contributed by atoms with Gasteiger partial charge < -0.3 is 9.47 Å². The van der Waals surface area contributed by atoms with Crippen LogP contribution in [0.2, 0.25) is 0 Å². The summed E-state index contributed by atoms with van der Waals surface area (Å²) in [6.45, 7) is 8.96. The first-order valence-corrected chi connectivity index (χ1v) is 14.4. The lowest BCUT2D eigenvalue weighted by Gasteiger charge is -2.27. The van der Waals surface area contributed by atoms with Gasteiger partial charge in [-0.15, -0.1) is 0 Å². The lowest BCUT2D eigenvalue weighted by molar-refractivity contribution is -0.173. The normalized spacial score (nSPS) is 11.5. The molecule has 0 aliphatic rings. The van der Waals surface area contributed by atoms with Gasteiger partial charge in [-0.05, 0) is 25.7 Å². The van der Waals surface area contributed by atoms with Crippen molar-refractivity contribution in [3.63, 3.8) is 0 Å². The van der Waals surface area contributed by atoms with Crippen molar-refractivity contribution in [2.45, 2.75) is 156 Å². The van der Waals surface area contributed by atoms with E-state index < -0.39 is 17.4 Å². The molecule has 4 nitrogen and oxygen atoms in total. The van der Waals surface area contributed by atoms with Gasteiger partial charge in [0.05, 0.1) is 13.2 Å². The van der Waals surface area contributed by atoms with Gasteiger partial charge in [0.1, 0.15) is 0 Å². The van der Waals surface area contributed by atoms with Crippen molar-refractivity contribution in [3.05, 3.63) is 0 Å². The van der Waals surface area contributed by atoms with Crippen molar-refractivity contribution >= 4 is 11.9 Å². The van der Waals surface area contributed by atoms with Gasteiger partial charge in [-0.3, -0.25) is 9.59 Å². The lowest BCUT2D eigenvalue weighted by atomic mass is 9.82. The van der Waals surface area contributed by atoms with Gasteiger partial charge in [-0.25, -0.2) is 0 Å². The van der Waals surface area contributed by atoms with Crippen LogP contribution in [-0.4, -0.2) is 25.2 Å². The highest BCUT2D eigenvalue weighted by Crippen LogP contribution is 2.30. The molecule has 0 atom stereocenters. The molecule has 0 aliphatic heterocycles. The lowest BCUT2D eigenvalue weighted by Crippen LogP contribution is -2.41. The summed E-state index contributed by atoms with van der Waals surface area (Å²) in [4.78, 5) is 25.4. The summed E-state index contributed by atoms with van der Waals surface area (Å²) in [6.07, 6.45) is 23.2. The first-order valence-electron chi connectivity index (χ1n) is 14.4. The zero-order valence-electron chi connectivity index (χ0n) is 22.7. The van der Waals surface area contributed by atoms with Crippen LogP contribution in [0.5, 0.6) is 0 Å². The molecule has 0 spiro atoms. The van der Waals surface area contributed by atoms with E-state index in [2.05, 4.69) is 13.8 Å². The summed E-state index contributed by atoms with van der Waals surface area (Å²) in [6, 6.07) is 0. The average Bonchev–Trinajstić information content (AvgIpc) is 2.82. The maximum Gasteiger partial charge on any atom is 0.323 e. The number of hydrogen-bond donors (Lipinski definition) is 0. The minimum Gasteiger partial charge on any atom is -0.465 e. The number of hydrogen-bond acceptors (Lipinski definition) is 4. The summed E-state index contributed by atoms with van der Waals surface area (Å²) in [5.41, 5.74) is -1.14. The van der Waals surface area contributed by atoms with Crippen LogP contribution >= 0.6 is 0 Å². The summed E-state index contributed by atoms with van der Waals surface area (Å²) in [5.74, 6) is -0.810. The van der Waals surface area contributed by atoms with Gasteiger partial charge in [0.25, 0.3) is 0 Å². The topological polar surface area (TPSA) is 52.6 Å². The quantitative estimate of drug-likeness (QED) is 0.0805. The van der Waals surface area contributed by atoms with Gasteiger partial charge in [-0.2, -0.15) is 0 Å². The Morgan fingerprint density at radius 1 is 0.455 bits per heavy atom. The number of unbranched alkanes of at least 4 members (excludes halogenated alkanes) is 16. The molecule has 0 amide bonds. The van der Waals surface area contributed by atoms with E-state index in [9.17, 15) is 9.59 Å². The molecule has 0 bridgehead atoms. The molecule has 196 valence electrons. The molecule has 0 unspecified atom stereocenters. The van der Waals surface area contributed by atoms with Crippen molar-refractivity contribution in [3.8, 4) is 0 Å². The summed E-state index contributed by atoms with van der Waals surface area (Å²) < 4.78 is 11.0. The largest absolute Gasteiger partial charge is 0.465 e. The molecule has 4 heteroatoms. The Balaban J connectivity index is 3.83. The number of carbonyl (C=O) groups excluding carboxylic acids is 2. The minimum atomic E-state index is -1.14. The van der Waals surface area contributed by atoms with Gasteiger partial charge in [0.2, 0.25) is 0 Å². The fourth-order valence-electron chi connectivity index (χ4n) is 4.34. The maximum absolute atomic E-state index is 12.7. The van der Waals surface area contributed by atoms with E-state index in [1.165, 1.54) is 77.0 Å². The summed E-state index contributed by atoms with van der Waals surface area (Å²) >= 11 is 0. The SMILES string of the molecule is CCCCCCCCCCCCCCCCOC(=O)C(CC)(CC)C(=O)OCCCCCC. The van der Waals surface area contributed by atoms with Gasteiger partial charge in [-0.1, -0.05) is 130 Å². The highest BCUT2D eigenvalue weighted by atomic mass is 16.6. The molecule has 0 aromatic carbocycles. The molecule has 0 radical (unpaired) electrons. The second-order valence-electron chi connectivity index (χ2n) is 9.72. The Morgan fingerprint density at radius 2 is 0.727 bits per heavy atom. The van der Waals surface area contributed by atoms with E-state index in [1.807, 2.05) is 13.8 Å². The fraction of sp³-hybridized carbons (Fsp3) is 0.931. The molecule has 0 aromatic heterocycles. The van der Waals surface area contributed by atoms with E-state index in [4.69, 9.17) is 9.47 Å². The third kappa shape index (κ3) is 15.5. The molecule has 0 aromatic rings. The zero-order valence-corrected chi connectivity index (χ0v) is 22.7. The Hall–Kier alpha value is -1.06. The monoisotopic (exact) mass is 468 g/mol. The molecular weight excluding hydrogens is 412 g/mol. The second kappa shape index (κ2) is 22.7. The van der Waals surface area contributed by atoms with Crippen molar-refractivity contribution in [2.75, 3.05) is 13.2 Å². The van der Waals surface area contributed by atoms with Crippen molar-refractivity contribution < 1.29 is 19.1 Å². The van der Waals surface area contributed by atoms with Crippen molar-refractivity contribution in [2.24, 2.45) is 5.41 Å². The van der Waals surface area contributed by atoms with Crippen molar-refractivity contribution in [1.82, 2.24) is 0 Å². The molecule has 0 N–H and O–H groups in total. The standard InChI is InChI=1S/C29H56O4/c1-5-9-11-13-14-15-16-17-18-19-20-21-22-24-26-33-28(31)29(7-3,8-4)27(30)32-25-23-12-10-6-2/h5-26H2,1-4H3. The van der Waals surface area contributed by atoms with E-state index in [1.54, 1.807) is 0 Å². The van der Waals surface area contributed by atoms with E-state index in [0.29, 0.717) is 26.1 Å². The fourth-order valence-corrected chi connectivity index (χ4v) is 4.34. The third-order valence-electron chi connectivity index (χ3n) is 6.95. The maximum atomic E-state index is 12.7. The average molecular weight is 469 g/mol. The summed E-state index contributed by atoms with van der Waals surface area (Å²) in [7, 11) is 0. The van der Waals surface area contributed by atoms with Crippen LogP contribution in [0.15, 0.2) is 0 Å². The number of rotatable bonds is 24. The second-order valence-corrected chi connectivity index (χ2v) is 9.72. The van der Waals surface area contributed by atoms with Crippen molar-refractivity contribution in [1.29, 1.82) is 0 Å². The molecule has 0 saturated heterocycles. The minimum absolute atomic E-state index is 0.396. The number of esters is 2. The first-order chi connectivity index (χ1) is 16.1. The van der Waals surface area contributed by atoms with Crippen LogP contribution in [0, 0.1) is 5.41 Å². The highest BCUT2D eigenvalue weighted by molar-refractivity contribution is 5.99. The Bertz CT molecular complexity index is 457. The van der Waals surface area contributed by atoms with E-state index in [-0.39, 0.29) is 0 Å². The van der Waals surface area contributed by atoms with Crippen LogP contribution in [0.4, 0.5) is 0 Å². The van der Waals surface area contributed by atoms with Crippen LogP contribution < -0.4 is 0 Å². The van der Waals surface area contributed by atoms with E-state index >= 15 is 0 Å². The smallest absolute Gasteiger partial charge is 0.323 e. The van der Waals surface area contributed by atoms with Gasteiger partial charge in [0, 0.05) is 0 Å². The molecule has 0 fully saturated rings. The zero-order chi connectivity index (χ0) is 24.6. The van der Waals surface area contributed by atoms with Crippen LogP contribution in [0.3, 0.4) is 0 Å².